The Labute approximate surface area is 85.1 Å². The first-order valence-electron chi connectivity index (χ1n) is 5.22. The summed E-state index contributed by atoms with van der Waals surface area (Å²) < 4.78 is 0. The molecule has 1 N–H and O–H groups in total. The zero-order chi connectivity index (χ0) is 9.97. The molecule has 1 atom stereocenters. The van der Waals surface area contributed by atoms with E-state index in [1.165, 1.54) is 16.7 Å². The van der Waals surface area contributed by atoms with Gasteiger partial charge in [-0.3, -0.25) is 0 Å². The van der Waals surface area contributed by atoms with Crippen LogP contribution in [0, 0.1) is 0 Å². The lowest BCUT2D eigenvalue weighted by Gasteiger charge is -2.22. The first kappa shape index (κ1) is 9.47. The van der Waals surface area contributed by atoms with E-state index in [9.17, 15) is 0 Å². The summed E-state index contributed by atoms with van der Waals surface area (Å²) in [6.07, 6.45) is 4.15. The van der Waals surface area contributed by atoms with Crippen LogP contribution >= 0.6 is 0 Å². The largest absolute Gasteiger partial charge is 0.396 e. The third kappa shape index (κ3) is 1.60. The summed E-state index contributed by atoms with van der Waals surface area (Å²) in [4.78, 5) is 0. The fourth-order valence-corrected chi connectivity index (χ4v) is 2.13. The molecule has 14 heavy (non-hydrogen) atoms. The number of allylic oxidation sites excluding steroid dienone is 1. The predicted octanol–water partition coefficient (Wildman–Crippen LogP) is 2.96. The van der Waals surface area contributed by atoms with E-state index in [1.54, 1.807) is 0 Å². The van der Waals surface area contributed by atoms with Crippen molar-refractivity contribution in [2.45, 2.75) is 25.7 Å². The van der Waals surface area contributed by atoms with Crippen LogP contribution in [0.2, 0.25) is 0 Å². The van der Waals surface area contributed by atoms with Gasteiger partial charge in [-0.1, -0.05) is 37.3 Å². The van der Waals surface area contributed by atoms with E-state index >= 15 is 0 Å². The lowest BCUT2D eigenvalue weighted by atomic mass is 9.83. The molecule has 0 amide bonds. The Hall–Kier alpha value is -1.08. The van der Waals surface area contributed by atoms with Crippen LogP contribution in [0.3, 0.4) is 0 Å². The van der Waals surface area contributed by atoms with Gasteiger partial charge in [0, 0.05) is 6.61 Å². The smallest absolute Gasteiger partial charge is 0.0471 e. The second-order valence-electron chi connectivity index (χ2n) is 3.93. The molecule has 0 fully saturated rings. The Morgan fingerprint density at radius 2 is 2.14 bits per heavy atom. The predicted molar refractivity (Wildman–Crippen MR) is 59.2 cm³/mol. The third-order valence-electron chi connectivity index (χ3n) is 2.94. The number of benzene rings is 1. The number of aliphatic hydroxyl groups is 1. The minimum absolute atomic E-state index is 0.245. The van der Waals surface area contributed by atoms with E-state index in [1.807, 2.05) is 0 Å². The Bertz CT molecular complexity index is 352. The highest BCUT2D eigenvalue weighted by atomic mass is 16.2. The summed E-state index contributed by atoms with van der Waals surface area (Å²) in [6, 6.07) is 8.52. The first-order valence-corrected chi connectivity index (χ1v) is 5.22. The second kappa shape index (κ2) is 3.97. The van der Waals surface area contributed by atoms with Crippen molar-refractivity contribution in [1.82, 2.24) is 0 Å². The molecule has 0 spiro atoms. The third-order valence-corrected chi connectivity index (χ3v) is 2.94. The van der Waals surface area contributed by atoms with E-state index in [0.29, 0.717) is 5.92 Å². The fraction of sp³-hybridized carbons (Fsp3) is 0.385. The van der Waals surface area contributed by atoms with Crippen LogP contribution in [0.4, 0.5) is 0 Å². The maximum absolute atomic E-state index is 8.97. The summed E-state index contributed by atoms with van der Waals surface area (Å²) >= 11 is 0. The lowest BCUT2D eigenvalue weighted by Crippen LogP contribution is -2.04. The molecule has 1 aromatic carbocycles. The molecule has 1 aliphatic rings. The highest BCUT2D eigenvalue weighted by Gasteiger charge is 2.16. The van der Waals surface area contributed by atoms with Crippen LogP contribution in [-0.4, -0.2) is 11.7 Å². The van der Waals surface area contributed by atoms with Crippen molar-refractivity contribution in [2.24, 2.45) is 0 Å². The Balaban J connectivity index is 2.40. The van der Waals surface area contributed by atoms with Gasteiger partial charge in [0.1, 0.15) is 0 Å². The van der Waals surface area contributed by atoms with Gasteiger partial charge in [0.2, 0.25) is 0 Å². The zero-order valence-corrected chi connectivity index (χ0v) is 8.53. The second-order valence-corrected chi connectivity index (χ2v) is 3.93. The summed E-state index contributed by atoms with van der Waals surface area (Å²) in [7, 11) is 0. The van der Waals surface area contributed by atoms with Crippen molar-refractivity contribution >= 4 is 5.57 Å². The molecule has 1 unspecified atom stereocenters. The Morgan fingerprint density at radius 3 is 2.93 bits per heavy atom. The molecule has 1 aliphatic carbocycles. The highest BCUT2D eigenvalue weighted by Crippen LogP contribution is 2.35. The molecule has 74 valence electrons. The van der Waals surface area contributed by atoms with Crippen LogP contribution in [0.1, 0.15) is 36.8 Å². The molecule has 0 aliphatic heterocycles. The van der Waals surface area contributed by atoms with Gasteiger partial charge in [-0.15, -0.1) is 0 Å². The van der Waals surface area contributed by atoms with E-state index in [4.69, 9.17) is 5.11 Å². The number of rotatable bonds is 2. The summed E-state index contributed by atoms with van der Waals surface area (Å²) in [5.41, 5.74) is 4.07. The van der Waals surface area contributed by atoms with E-state index in [2.05, 4.69) is 37.3 Å². The molecule has 0 saturated carbocycles. The molecule has 1 aromatic rings. The number of fused-ring (bicyclic) bond motifs is 1. The normalized spacial score (nSPS) is 20.1. The average molecular weight is 188 g/mol. The van der Waals surface area contributed by atoms with E-state index < -0.39 is 0 Å². The van der Waals surface area contributed by atoms with Crippen LogP contribution < -0.4 is 0 Å². The van der Waals surface area contributed by atoms with Gasteiger partial charge >= 0.3 is 0 Å². The summed E-state index contributed by atoms with van der Waals surface area (Å²) in [6.45, 7) is 2.50. The molecule has 1 nitrogen and oxygen atoms in total. The van der Waals surface area contributed by atoms with Crippen LogP contribution in [0.5, 0.6) is 0 Å². The molecular formula is C13H16O. The molecule has 0 heterocycles. The van der Waals surface area contributed by atoms with Crippen LogP contribution in [-0.2, 0) is 0 Å². The maximum Gasteiger partial charge on any atom is 0.0471 e. The number of aliphatic hydroxyl groups excluding tert-OH is 1. The molecular weight excluding hydrogens is 172 g/mol. The van der Waals surface area contributed by atoms with Gasteiger partial charge in [0.25, 0.3) is 0 Å². The molecule has 0 saturated heterocycles. The summed E-state index contributed by atoms with van der Waals surface area (Å²) in [5.74, 6) is 0.619. The van der Waals surface area contributed by atoms with Crippen LogP contribution in [0.15, 0.2) is 30.3 Å². The zero-order valence-electron chi connectivity index (χ0n) is 8.53. The molecule has 0 bridgehead atoms. The molecule has 2 rings (SSSR count). The van der Waals surface area contributed by atoms with Gasteiger partial charge in [-0.05, 0) is 35.5 Å². The van der Waals surface area contributed by atoms with E-state index in [0.717, 1.165) is 12.8 Å². The minimum Gasteiger partial charge on any atom is -0.396 e. The van der Waals surface area contributed by atoms with Gasteiger partial charge in [0.05, 0.1) is 0 Å². The maximum atomic E-state index is 8.97. The fourth-order valence-electron chi connectivity index (χ4n) is 2.13. The van der Waals surface area contributed by atoms with E-state index in [-0.39, 0.29) is 6.61 Å². The Morgan fingerprint density at radius 1 is 1.36 bits per heavy atom. The average Bonchev–Trinajstić information content (AvgIpc) is 2.23. The highest BCUT2D eigenvalue weighted by molar-refractivity contribution is 5.70. The SMILES string of the molecule is CC1CC=C(CCO)c2ccccc21. The van der Waals surface area contributed by atoms with Crippen molar-refractivity contribution in [1.29, 1.82) is 0 Å². The standard InChI is InChI=1S/C13H16O/c1-10-6-7-11(8-9-14)13-5-3-2-4-12(10)13/h2-5,7,10,14H,6,8-9H2,1H3. The molecule has 0 aromatic heterocycles. The molecule has 0 radical (unpaired) electrons. The monoisotopic (exact) mass is 188 g/mol. The van der Waals surface area contributed by atoms with Gasteiger partial charge < -0.3 is 5.11 Å². The van der Waals surface area contributed by atoms with Crippen molar-refractivity contribution in [2.75, 3.05) is 6.61 Å². The van der Waals surface area contributed by atoms with Crippen molar-refractivity contribution in [3.05, 3.63) is 41.5 Å². The first-order chi connectivity index (χ1) is 6.83. The van der Waals surface area contributed by atoms with Crippen LogP contribution in [0.25, 0.3) is 5.57 Å². The number of hydrogen-bond acceptors (Lipinski definition) is 1. The summed E-state index contributed by atoms with van der Waals surface area (Å²) in [5, 5.41) is 8.97. The van der Waals surface area contributed by atoms with Crippen molar-refractivity contribution < 1.29 is 5.11 Å². The van der Waals surface area contributed by atoms with Gasteiger partial charge in [0.15, 0.2) is 0 Å². The van der Waals surface area contributed by atoms with Crippen molar-refractivity contribution in [3.8, 4) is 0 Å². The lowest BCUT2D eigenvalue weighted by molar-refractivity contribution is 0.304. The molecule has 1 heteroatoms. The van der Waals surface area contributed by atoms with Gasteiger partial charge in [-0.25, -0.2) is 0 Å². The number of hydrogen-bond donors (Lipinski definition) is 1. The van der Waals surface area contributed by atoms with Crippen molar-refractivity contribution in [3.63, 3.8) is 0 Å². The van der Waals surface area contributed by atoms with Gasteiger partial charge in [-0.2, -0.15) is 0 Å². The Kier molecular flexibility index (Phi) is 2.69. The topological polar surface area (TPSA) is 20.2 Å². The minimum atomic E-state index is 0.245. The quantitative estimate of drug-likeness (QED) is 0.756.